The minimum atomic E-state index is 0.261. The number of likely N-dealkylation sites (tertiary alicyclic amines) is 1. The molecule has 90 valence electrons. The van der Waals surface area contributed by atoms with Crippen LogP contribution in [0.25, 0.3) is 0 Å². The molecule has 0 bridgehead atoms. The zero-order valence-electron chi connectivity index (χ0n) is 10.1. The number of terminal acetylenes is 1. The van der Waals surface area contributed by atoms with Crippen molar-refractivity contribution in [2.24, 2.45) is 5.73 Å². The van der Waals surface area contributed by atoms with Crippen LogP contribution in [0.15, 0.2) is 0 Å². The Morgan fingerprint density at radius 3 is 2.94 bits per heavy atom. The van der Waals surface area contributed by atoms with Gasteiger partial charge in [0.05, 0.1) is 0 Å². The van der Waals surface area contributed by atoms with Crippen LogP contribution >= 0.6 is 0 Å². The van der Waals surface area contributed by atoms with Gasteiger partial charge < -0.3 is 10.6 Å². The molecule has 0 radical (unpaired) electrons. The van der Waals surface area contributed by atoms with E-state index in [1.807, 2.05) is 4.90 Å². The van der Waals surface area contributed by atoms with Crippen LogP contribution in [0.1, 0.15) is 45.4 Å². The van der Waals surface area contributed by atoms with Crippen LogP contribution in [0, 0.1) is 12.3 Å². The van der Waals surface area contributed by atoms with E-state index in [2.05, 4.69) is 12.8 Å². The molecule has 3 nitrogen and oxygen atoms in total. The highest BCUT2D eigenvalue weighted by molar-refractivity contribution is 5.76. The average Bonchev–Trinajstić information content (AvgIpc) is 2.24. The number of carbonyl (C=O) groups excluding carboxylic acids is 1. The number of amides is 1. The molecular weight excluding hydrogens is 200 g/mol. The number of rotatable bonds is 4. The van der Waals surface area contributed by atoms with Crippen molar-refractivity contribution in [3.63, 3.8) is 0 Å². The summed E-state index contributed by atoms with van der Waals surface area (Å²) in [5.74, 6) is 2.85. The minimum Gasteiger partial charge on any atom is -0.340 e. The van der Waals surface area contributed by atoms with Gasteiger partial charge in [-0.25, -0.2) is 0 Å². The van der Waals surface area contributed by atoms with Crippen LogP contribution < -0.4 is 5.73 Å². The van der Waals surface area contributed by atoms with Crippen molar-refractivity contribution in [2.45, 2.75) is 57.5 Å². The zero-order chi connectivity index (χ0) is 12.0. The first kappa shape index (κ1) is 13.1. The van der Waals surface area contributed by atoms with Gasteiger partial charge in [0.2, 0.25) is 5.91 Å². The second-order valence-electron chi connectivity index (χ2n) is 4.63. The minimum absolute atomic E-state index is 0.261. The average molecular weight is 222 g/mol. The van der Waals surface area contributed by atoms with Gasteiger partial charge >= 0.3 is 0 Å². The Morgan fingerprint density at radius 2 is 2.31 bits per heavy atom. The zero-order valence-corrected chi connectivity index (χ0v) is 10.1. The van der Waals surface area contributed by atoms with Crippen molar-refractivity contribution < 1.29 is 4.79 Å². The molecule has 0 spiro atoms. The summed E-state index contributed by atoms with van der Waals surface area (Å²) in [7, 11) is 0. The third kappa shape index (κ3) is 3.86. The lowest BCUT2D eigenvalue weighted by Gasteiger charge is -2.36. The number of nitrogens with zero attached hydrogens (tertiary/aromatic N) is 1. The summed E-state index contributed by atoms with van der Waals surface area (Å²) in [6.07, 6.45) is 10.3. The van der Waals surface area contributed by atoms with Gasteiger partial charge in [0, 0.05) is 31.5 Å². The Labute approximate surface area is 98.4 Å². The van der Waals surface area contributed by atoms with Gasteiger partial charge in [-0.05, 0) is 32.6 Å². The van der Waals surface area contributed by atoms with Crippen molar-refractivity contribution in [1.82, 2.24) is 4.90 Å². The topological polar surface area (TPSA) is 46.3 Å². The first-order chi connectivity index (χ1) is 7.65. The molecule has 0 aliphatic carbocycles. The molecule has 1 aliphatic rings. The number of carbonyl (C=O) groups is 1. The molecule has 0 saturated carbocycles. The van der Waals surface area contributed by atoms with Gasteiger partial charge in [-0.3, -0.25) is 4.79 Å². The molecule has 1 fully saturated rings. The predicted octanol–water partition coefficient (Wildman–Crippen LogP) is 1.52. The molecule has 1 amide bonds. The van der Waals surface area contributed by atoms with Crippen LogP contribution in [0.2, 0.25) is 0 Å². The summed E-state index contributed by atoms with van der Waals surface area (Å²) >= 11 is 0. The summed E-state index contributed by atoms with van der Waals surface area (Å²) in [5.41, 5.74) is 5.87. The van der Waals surface area contributed by atoms with E-state index in [9.17, 15) is 4.79 Å². The molecule has 1 rings (SSSR count). The van der Waals surface area contributed by atoms with Crippen LogP contribution in [0.5, 0.6) is 0 Å². The van der Waals surface area contributed by atoms with E-state index in [4.69, 9.17) is 12.2 Å². The number of hydrogen-bond acceptors (Lipinski definition) is 2. The van der Waals surface area contributed by atoms with E-state index in [-0.39, 0.29) is 11.9 Å². The number of unbranched alkanes of at least 4 members (excludes halogenated alkanes) is 2. The smallest absolute Gasteiger partial charge is 0.222 e. The van der Waals surface area contributed by atoms with E-state index in [1.54, 1.807) is 0 Å². The summed E-state index contributed by atoms with van der Waals surface area (Å²) in [5, 5.41) is 0. The highest BCUT2D eigenvalue weighted by atomic mass is 16.2. The van der Waals surface area contributed by atoms with Crippen LogP contribution in [0.3, 0.4) is 0 Å². The fourth-order valence-electron chi connectivity index (χ4n) is 2.23. The third-order valence-electron chi connectivity index (χ3n) is 3.20. The fourth-order valence-corrected chi connectivity index (χ4v) is 2.23. The molecule has 2 unspecified atom stereocenters. The Bertz CT molecular complexity index is 270. The molecule has 0 aromatic heterocycles. The fraction of sp³-hybridized carbons (Fsp3) is 0.769. The number of hydrogen-bond donors (Lipinski definition) is 1. The van der Waals surface area contributed by atoms with Gasteiger partial charge in [0.1, 0.15) is 0 Å². The van der Waals surface area contributed by atoms with Crippen LogP contribution in [0.4, 0.5) is 0 Å². The number of nitrogens with two attached hydrogens (primary N) is 1. The lowest BCUT2D eigenvalue weighted by molar-refractivity contribution is -0.134. The molecule has 1 heterocycles. The van der Waals surface area contributed by atoms with E-state index < -0.39 is 0 Å². The molecule has 3 heteroatoms. The lowest BCUT2D eigenvalue weighted by atomic mass is 9.98. The first-order valence-electron chi connectivity index (χ1n) is 6.13. The second kappa shape index (κ2) is 6.55. The predicted molar refractivity (Wildman–Crippen MR) is 65.7 cm³/mol. The Morgan fingerprint density at radius 1 is 1.56 bits per heavy atom. The molecule has 1 saturated heterocycles. The van der Waals surface area contributed by atoms with E-state index in [1.165, 1.54) is 0 Å². The summed E-state index contributed by atoms with van der Waals surface area (Å²) in [4.78, 5) is 13.9. The van der Waals surface area contributed by atoms with Gasteiger partial charge in [-0.1, -0.05) is 0 Å². The molecule has 2 N–H and O–H groups in total. The van der Waals surface area contributed by atoms with Crippen molar-refractivity contribution in [2.75, 3.05) is 6.54 Å². The Balaban J connectivity index is 2.28. The Hall–Kier alpha value is -1.01. The van der Waals surface area contributed by atoms with Gasteiger partial charge in [-0.2, -0.15) is 0 Å². The molecular formula is C13H22N2O. The van der Waals surface area contributed by atoms with Crippen molar-refractivity contribution >= 4 is 5.91 Å². The number of piperidine rings is 1. The molecule has 2 atom stereocenters. The van der Waals surface area contributed by atoms with E-state index in [0.29, 0.717) is 12.5 Å². The van der Waals surface area contributed by atoms with Crippen molar-refractivity contribution in [3.05, 3.63) is 0 Å². The first-order valence-corrected chi connectivity index (χ1v) is 6.13. The Kier molecular flexibility index (Phi) is 5.34. The normalized spacial score (nSPS) is 25.2. The van der Waals surface area contributed by atoms with E-state index in [0.717, 1.165) is 38.6 Å². The molecule has 0 aromatic carbocycles. The highest BCUT2D eigenvalue weighted by Crippen LogP contribution is 2.17. The monoisotopic (exact) mass is 222 g/mol. The maximum absolute atomic E-state index is 11.9. The largest absolute Gasteiger partial charge is 0.340 e. The molecule has 1 aliphatic heterocycles. The van der Waals surface area contributed by atoms with Crippen LogP contribution in [-0.2, 0) is 4.79 Å². The van der Waals surface area contributed by atoms with Crippen molar-refractivity contribution in [1.29, 1.82) is 0 Å². The lowest BCUT2D eigenvalue weighted by Crippen LogP contribution is -2.48. The van der Waals surface area contributed by atoms with Gasteiger partial charge in [0.15, 0.2) is 0 Å². The maximum atomic E-state index is 11.9. The second-order valence-corrected chi connectivity index (χ2v) is 4.63. The quantitative estimate of drug-likeness (QED) is 0.579. The standard InChI is InChI=1S/C13H22N2O/c1-3-4-5-6-7-13(16)15-9-8-12(14)10-11(15)2/h1,11-12H,4-10,14H2,2H3. The summed E-state index contributed by atoms with van der Waals surface area (Å²) in [6.45, 7) is 2.90. The SMILES string of the molecule is C#CCCCCC(=O)N1CCC(N)CC1C. The maximum Gasteiger partial charge on any atom is 0.222 e. The van der Waals surface area contributed by atoms with Gasteiger partial charge in [0.25, 0.3) is 0 Å². The van der Waals surface area contributed by atoms with Crippen LogP contribution in [-0.4, -0.2) is 29.4 Å². The highest BCUT2D eigenvalue weighted by Gasteiger charge is 2.26. The molecule has 16 heavy (non-hydrogen) atoms. The van der Waals surface area contributed by atoms with E-state index >= 15 is 0 Å². The summed E-state index contributed by atoms with van der Waals surface area (Å²) < 4.78 is 0. The van der Waals surface area contributed by atoms with Gasteiger partial charge in [-0.15, -0.1) is 12.3 Å². The molecule has 0 aromatic rings. The summed E-state index contributed by atoms with van der Waals surface area (Å²) in [6, 6.07) is 0.560. The van der Waals surface area contributed by atoms with Crippen molar-refractivity contribution in [3.8, 4) is 12.3 Å². The third-order valence-corrected chi connectivity index (χ3v) is 3.20.